The van der Waals surface area contributed by atoms with Crippen LogP contribution < -0.4 is 9.80 Å². The van der Waals surface area contributed by atoms with E-state index < -0.39 is 10.8 Å². The van der Waals surface area contributed by atoms with Crippen LogP contribution in [0.4, 0.5) is 34.1 Å². The molecule has 0 bridgehead atoms. The highest BCUT2D eigenvalue weighted by Crippen LogP contribution is 2.71. The van der Waals surface area contributed by atoms with Crippen molar-refractivity contribution in [3.63, 3.8) is 0 Å². The minimum absolute atomic E-state index is 0.0369. The summed E-state index contributed by atoms with van der Waals surface area (Å²) >= 11 is 22.1. The second-order valence-electron chi connectivity index (χ2n) is 38.2. The van der Waals surface area contributed by atoms with E-state index in [2.05, 4.69) is 392 Å². The number of para-hydroxylation sites is 4. The van der Waals surface area contributed by atoms with Crippen molar-refractivity contribution >= 4 is 177 Å². The van der Waals surface area contributed by atoms with Crippen LogP contribution in [0.15, 0.2) is 330 Å². The Labute approximate surface area is 747 Å². The molecule has 2 spiro atoms. The molecule has 0 amide bonds. The molecule has 0 radical (unpaired) electrons. The molecule has 16 aromatic carbocycles. The van der Waals surface area contributed by atoms with Crippen LogP contribution >= 0.6 is 55.1 Å². The number of nitrogens with zero attached hydrogens (tertiary/aromatic N) is 2. The number of rotatable bonds is 6. The summed E-state index contributed by atoms with van der Waals surface area (Å²) in [6.45, 7) is 27.3. The molecule has 2 atom stereocenters. The van der Waals surface area contributed by atoms with Crippen LogP contribution in [-0.4, -0.2) is 0 Å². The average molecular weight is 1780 g/mol. The zero-order chi connectivity index (χ0) is 84.9. The molecule has 0 aliphatic heterocycles. The summed E-state index contributed by atoms with van der Waals surface area (Å²) in [6, 6.07) is 111. The van der Waals surface area contributed by atoms with Crippen LogP contribution in [0, 0.1) is 0 Å². The van der Waals surface area contributed by atoms with Crippen molar-refractivity contribution in [3.8, 4) is 44.5 Å². The molecule has 124 heavy (non-hydrogen) atoms. The van der Waals surface area contributed by atoms with Crippen molar-refractivity contribution in [2.24, 2.45) is 0 Å². The van der Waals surface area contributed by atoms with Crippen molar-refractivity contribution in [1.29, 1.82) is 0 Å². The molecule has 0 saturated carbocycles. The van der Waals surface area contributed by atoms with E-state index >= 15 is 0 Å². The Morgan fingerprint density at radius 1 is 0.250 bits per heavy atom. The molecule has 0 saturated heterocycles. The zero-order valence-corrected chi connectivity index (χ0v) is 75.6. The van der Waals surface area contributed by atoms with E-state index in [1.54, 1.807) is 0 Å². The minimum atomic E-state index is -0.902. The minimum Gasteiger partial charge on any atom is -0.455 e. The van der Waals surface area contributed by atoms with Gasteiger partial charge in [0.25, 0.3) is 0 Å². The van der Waals surface area contributed by atoms with Crippen molar-refractivity contribution in [2.75, 3.05) is 9.80 Å². The number of anilines is 6. The van der Waals surface area contributed by atoms with E-state index in [1.165, 1.54) is 66.8 Å². The van der Waals surface area contributed by atoms with Gasteiger partial charge in [0.2, 0.25) is 0 Å². The van der Waals surface area contributed by atoms with Crippen LogP contribution in [0.5, 0.6) is 0 Å². The standard InChI is InChI=1S/C77H69ClN2O2.C37H17Br2ClO2/c1-73(2,3)46-25-34-51(35-26-46)79(52-36-27-47(28-37-52)74(4,5)6)63-44-62-70(72-67(63)57-20-14-17-23-65(57)82-72)69-61(77(62)59-22-16-13-19-55(59)56-42-33-50(78)43-60(56)77)45-64(71-68(69)58-21-15-18-24-66(58)81-71)80(53-38-29-48(30-39-53)75(7,8)9)54-40-31-49(32-41-54)76(10,11)12;38-27-16-26-34(36-31(27)21-8-2-5-11-29(21)42-36)33-25(17-28(39)35-32(33)22-9-3-6-12-30(22)41-35)37(26)23-10-4-1-7-19(23)20-14-13-18(40)15-24(20)37/h13-45H,1-12H3;1-17H. The largest absolute Gasteiger partial charge is 0.455 e. The molecule has 4 heterocycles. The SMILES string of the molecule is CC(C)(C)c1ccc(N(c2ccc(C(C)(C)C)cc2)c2cc3c(c4c2oc2ccccc24)-c2c(cc(N(c4ccc(C(C)(C)C)cc4)c4ccc(C(C)(C)C)cc4)c4c2oc2ccccc24)C32c3ccccc3-c3ccc(Cl)cc32)cc1.Clc1ccc2c(c1)C1(c3ccccc3-2)c2cc(Br)c3c(oc4ccccc43)c2-c2c1cc(Br)c1oc3ccccc3c21. The Balaban J connectivity index is 0.000000175. The van der Waals surface area contributed by atoms with E-state index in [9.17, 15) is 0 Å². The predicted octanol–water partition coefficient (Wildman–Crippen LogP) is 34.6. The zero-order valence-electron chi connectivity index (χ0n) is 70.9. The fourth-order valence-electron chi connectivity index (χ4n) is 21.3. The molecule has 6 nitrogen and oxygen atoms in total. The first-order valence-electron chi connectivity index (χ1n) is 42.8. The fraction of sp³-hybridized carbons (Fsp3) is 0.158. The normalized spacial score (nSPS) is 15.5. The first-order valence-corrected chi connectivity index (χ1v) is 45.1. The third-order valence-electron chi connectivity index (χ3n) is 27.0. The molecular formula is C114H86Br2Cl2N2O4. The maximum atomic E-state index is 7.58. The van der Waals surface area contributed by atoms with Gasteiger partial charge >= 0.3 is 0 Å². The van der Waals surface area contributed by atoms with E-state index in [0.29, 0.717) is 10.0 Å². The van der Waals surface area contributed by atoms with Crippen LogP contribution in [0.2, 0.25) is 10.0 Å². The summed E-state index contributed by atoms with van der Waals surface area (Å²) in [6.07, 6.45) is 0. The Kier molecular flexibility index (Phi) is 16.8. The van der Waals surface area contributed by atoms with E-state index in [-0.39, 0.29) is 21.7 Å². The Morgan fingerprint density at radius 2 is 0.548 bits per heavy atom. The number of halogens is 4. The highest BCUT2D eigenvalue weighted by atomic mass is 79.9. The summed E-state index contributed by atoms with van der Waals surface area (Å²) in [4.78, 5) is 4.89. The van der Waals surface area contributed by atoms with E-state index in [0.717, 1.165) is 175 Å². The van der Waals surface area contributed by atoms with Gasteiger partial charge in [-0.1, -0.05) is 304 Å². The molecule has 10 heteroatoms. The molecule has 4 aliphatic rings. The van der Waals surface area contributed by atoms with Crippen LogP contribution in [0.25, 0.3) is 132 Å². The van der Waals surface area contributed by atoms with Gasteiger partial charge in [0.1, 0.15) is 39.1 Å². The van der Waals surface area contributed by atoms with Gasteiger partial charge in [-0.15, -0.1) is 0 Å². The fourth-order valence-corrected chi connectivity index (χ4v) is 22.7. The Morgan fingerprint density at radius 3 is 0.968 bits per heavy atom. The van der Waals surface area contributed by atoms with Gasteiger partial charge < -0.3 is 27.5 Å². The Hall–Kier alpha value is -12.1. The molecule has 604 valence electrons. The van der Waals surface area contributed by atoms with Gasteiger partial charge in [0, 0.05) is 97.2 Å². The monoisotopic (exact) mass is 1770 g/mol. The highest BCUT2D eigenvalue weighted by Gasteiger charge is 2.57. The number of fused-ring (bicyclic) bond motifs is 36. The first kappa shape index (κ1) is 76.7. The maximum absolute atomic E-state index is 7.58. The topological polar surface area (TPSA) is 59.0 Å². The van der Waals surface area contributed by atoms with Gasteiger partial charge in [-0.2, -0.15) is 0 Å². The maximum Gasteiger partial charge on any atom is 0.160 e. The molecule has 24 rings (SSSR count). The molecule has 4 aromatic heterocycles. The summed E-state index contributed by atoms with van der Waals surface area (Å²) < 4.78 is 30.3. The third-order valence-corrected chi connectivity index (χ3v) is 28.7. The quantitative estimate of drug-likeness (QED) is 0.165. The molecule has 0 fully saturated rings. The lowest BCUT2D eigenvalue weighted by atomic mass is 9.70. The third kappa shape index (κ3) is 11.0. The van der Waals surface area contributed by atoms with Gasteiger partial charge in [-0.3, -0.25) is 0 Å². The molecule has 4 aliphatic carbocycles. The second-order valence-corrected chi connectivity index (χ2v) is 40.8. The van der Waals surface area contributed by atoms with Gasteiger partial charge in [0.15, 0.2) is 5.58 Å². The van der Waals surface area contributed by atoms with Crippen molar-refractivity contribution in [3.05, 3.63) is 389 Å². The second kappa shape index (κ2) is 27.2. The van der Waals surface area contributed by atoms with Crippen LogP contribution in [-0.2, 0) is 32.5 Å². The molecule has 0 N–H and O–H groups in total. The molecule has 2 unspecified atom stereocenters. The van der Waals surface area contributed by atoms with Gasteiger partial charge in [-0.25, -0.2) is 0 Å². The first-order chi connectivity index (χ1) is 59.7. The summed E-state index contributed by atoms with van der Waals surface area (Å²) in [5, 5.41) is 9.90. The van der Waals surface area contributed by atoms with Gasteiger partial charge in [0.05, 0.1) is 32.1 Å². The molecule has 20 aromatic rings. The lowest BCUT2D eigenvalue weighted by molar-refractivity contribution is 0.590. The average Bonchev–Trinajstić information content (AvgIpc) is 1.49. The van der Waals surface area contributed by atoms with E-state index in [4.69, 9.17) is 40.9 Å². The Bertz CT molecular complexity index is 7840. The van der Waals surface area contributed by atoms with Crippen molar-refractivity contribution in [1.82, 2.24) is 0 Å². The van der Waals surface area contributed by atoms with Crippen molar-refractivity contribution in [2.45, 2.75) is 116 Å². The lowest BCUT2D eigenvalue weighted by Crippen LogP contribution is -2.27. The number of hydrogen-bond acceptors (Lipinski definition) is 6. The van der Waals surface area contributed by atoms with Crippen LogP contribution in [0.1, 0.15) is 150 Å². The number of benzene rings is 16. The summed E-state index contributed by atoms with van der Waals surface area (Å²) in [7, 11) is 0. The van der Waals surface area contributed by atoms with Gasteiger partial charge in [-0.05, 0) is 248 Å². The van der Waals surface area contributed by atoms with Crippen molar-refractivity contribution < 1.29 is 17.7 Å². The smallest absolute Gasteiger partial charge is 0.160 e. The molecular weight excluding hydrogens is 1690 g/mol. The van der Waals surface area contributed by atoms with Crippen LogP contribution in [0.3, 0.4) is 0 Å². The predicted molar refractivity (Wildman–Crippen MR) is 524 cm³/mol. The number of furan rings is 4. The number of hydrogen-bond donors (Lipinski definition) is 0. The highest BCUT2D eigenvalue weighted by molar-refractivity contribution is 9.11. The van der Waals surface area contributed by atoms with E-state index in [1.807, 2.05) is 36.4 Å². The summed E-state index contributed by atoms with van der Waals surface area (Å²) in [5.74, 6) is 0. The lowest BCUT2D eigenvalue weighted by Gasteiger charge is -2.34. The summed E-state index contributed by atoms with van der Waals surface area (Å²) in [5.41, 5.74) is 34.8.